The van der Waals surface area contributed by atoms with Gasteiger partial charge in [-0.2, -0.15) is 0 Å². The average molecular weight is 1050 g/mol. The molecule has 0 aromatic carbocycles. The first-order valence-corrected chi connectivity index (χ1v) is 24.0. The van der Waals surface area contributed by atoms with Gasteiger partial charge >= 0.3 is 25.9 Å². The van der Waals surface area contributed by atoms with Gasteiger partial charge in [0.05, 0.1) is 55.6 Å². The van der Waals surface area contributed by atoms with E-state index in [9.17, 15) is 38.2 Å². The largest absolute Gasteiger partial charge is 0.533 e. The lowest BCUT2D eigenvalue weighted by molar-refractivity contribution is -0.177. The van der Waals surface area contributed by atoms with Crippen LogP contribution in [0.3, 0.4) is 0 Å². The molecule has 0 radical (unpaired) electrons. The van der Waals surface area contributed by atoms with E-state index in [4.69, 9.17) is 32.7 Å². The fraction of sp³-hybridized carbons (Fsp3) is 0.686. The number of anilines is 1. The Balaban J connectivity index is 1.17. The van der Waals surface area contributed by atoms with Gasteiger partial charge in [-0.3, -0.25) is 42.4 Å². The van der Waals surface area contributed by atoms with Crippen molar-refractivity contribution in [2.24, 2.45) is 10.8 Å². The van der Waals surface area contributed by atoms with Gasteiger partial charge in [-0.1, -0.05) is 54.3 Å². The van der Waals surface area contributed by atoms with Crippen LogP contribution < -0.4 is 8.85 Å². The number of carbonyl (C=O) groups is 6. The number of hydrogen-bond acceptors (Lipinski definition) is 21. The number of nitrogens with one attached hydrogen (secondary N) is 2. The topological polar surface area (TPSA) is 284 Å². The molecule has 2 fully saturated rings. The Morgan fingerprint density at radius 2 is 1.66 bits per heavy atom. The van der Waals surface area contributed by atoms with E-state index in [-0.39, 0.29) is 56.8 Å². The van der Waals surface area contributed by atoms with Crippen LogP contribution in [0.15, 0.2) is 12.7 Å². The van der Waals surface area contributed by atoms with Crippen molar-refractivity contribution in [3.05, 3.63) is 12.7 Å². The standard InChI is InChI=1S/C35H51IN7O16PS2/c1-20(12-53-33(49)59-43-25(47)8-9-26(43)48)62-61-11-10-24(46)37-14-34(4,5)15-52-16-35(6,7)17-55-60(50,51)54-13-23-28(56-21(2)44)29(57-22(3)45)32(58-23)42-19-40-27-30(41-36)38-18-39-31(27)42/h18-20,23,28-29,32H,8-17H2,1-7H3,(H,37,46)(H,50,51)(H,38,39,41)/t20?,23-,28-,29-,32-/m1/s1. The van der Waals surface area contributed by atoms with Crippen LogP contribution in [0.5, 0.6) is 0 Å². The molecule has 6 atom stereocenters. The zero-order valence-corrected chi connectivity index (χ0v) is 39.7. The molecule has 2 unspecified atom stereocenters. The lowest BCUT2D eigenvalue weighted by atomic mass is 9.93. The van der Waals surface area contributed by atoms with Crippen molar-refractivity contribution in [1.29, 1.82) is 0 Å². The Bertz CT molecular complexity index is 1960. The van der Waals surface area contributed by atoms with Crippen LogP contribution in [0.2, 0.25) is 0 Å². The Hall–Kier alpha value is -3.37. The number of amides is 3. The number of ether oxygens (including phenoxy) is 5. The number of phosphoric acid groups is 1. The van der Waals surface area contributed by atoms with Crippen LogP contribution in [0.4, 0.5) is 10.6 Å². The van der Waals surface area contributed by atoms with Gasteiger partial charge in [-0.25, -0.2) is 24.3 Å². The van der Waals surface area contributed by atoms with Gasteiger partial charge in [0.1, 0.15) is 19.0 Å². The van der Waals surface area contributed by atoms with E-state index in [0.717, 1.165) is 6.92 Å². The molecule has 27 heteroatoms. The van der Waals surface area contributed by atoms with E-state index in [1.807, 2.05) is 36.7 Å². The highest BCUT2D eigenvalue weighted by molar-refractivity contribution is 14.1. The van der Waals surface area contributed by atoms with E-state index < -0.39 is 79.7 Å². The van der Waals surface area contributed by atoms with E-state index in [1.54, 1.807) is 20.8 Å². The highest BCUT2D eigenvalue weighted by atomic mass is 127. The maximum atomic E-state index is 13.1. The molecule has 346 valence electrons. The van der Waals surface area contributed by atoms with Crippen LogP contribution in [0.1, 0.15) is 74.0 Å². The molecule has 3 amide bonds. The maximum Gasteiger partial charge on any atom is 0.533 e. The van der Waals surface area contributed by atoms with E-state index >= 15 is 0 Å². The van der Waals surface area contributed by atoms with Crippen molar-refractivity contribution in [1.82, 2.24) is 29.9 Å². The molecule has 2 aliphatic rings. The minimum absolute atomic E-state index is 0.0179. The molecule has 4 rings (SSSR count). The molecule has 3 N–H and O–H groups in total. The summed E-state index contributed by atoms with van der Waals surface area (Å²) in [7, 11) is -1.91. The van der Waals surface area contributed by atoms with Crippen LogP contribution >= 0.6 is 52.3 Å². The van der Waals surface area contributed by atoms with E-state index in [1.165, 1.54) is 45.7 Å². The number of imide groups is 1. The Kier molecular flexibility index (Phi) is 19.0. The third-order valence-electron chi connectivity index (χ3n) is 8.63. The van der Waals surface area contributed by atoms with Crippen LogP contribution in [0.25, 0.3) is 11.2 Å². The smallest absolute Gasteiger partial charge is 0.456 e. The highest BCUT2D eigenvalue weighted by Gasteiger charge is 2.51. The summed E-state index contributed by atoms with van der Waals surface area (Å²) in [6.07, 6.45) is -3.09. The number of hydroxylamine groups is 2. The summed E-state index contributed by atoms with van der Waals surface area (Å²) in [5.41, 5.74) is -0.557. The van der Waals surface area contributed by atoms with Gasteiger partial charge in [0, 0.05) is 61.5 Å². The SMILES string of the molecule is CC(=O)O[C@@H]1[C@H](OC(C)=O)[C@@H](COP(=O)(O)OCC(C)(C)COCC(C)(C)CNC(=O)CCSSC(C)COC(=O)ON2C(=O)CCC2=O)O[C@H]1n1cnc2c(NI)ncnc21. The molecule has 0 bridgehead atoms. The molecule has 2 aromatic heterocycles. The number of phosphoric ester groups is 1. The minimum Gasteiger partial charge on any atom is -0.456 e. The molecule has 0 saturated carbocycles. The molecule has 2 aliphatic heterocycles. The second kappa shape index (κ2) is 23.0. The molecule has 4 heterocycles. The minimum atomic E-state index is -4.73. The Labute approximate surface area is 378 Å². The molecule has 2 aromatic rings. The number of halogens is 1. The lowest BCUT2D eigenvalue weighted by Gasteiger charge is -2.29. The van der Waals surface area contributed by atoms with Crippen molar-refractivity contribution in [3.63, 3.8) is 0 Å². The van der Waals surface area contributed by atoms with Crippen molar-refractivity contribution in [2.75, 3.05) is 48.9 Å². The summed E-state index contributed by atoms with van der Waals surface area (Å²) in [5, 5.41) is 3.15. The lowest BCUT2D eigenvalue weighted by Crippen LogP contribution is -2.40. The number of rotatable bonds is 24. The third-order valence-corrected chi connectivity index (χ3v) is 12.9. The number of nitrogens with zero attached hydrogens (tertiary/aromatic N) is 5. The van der Waals surface area contributed by atoms with Gasteiger partial charge in [0.25, 0.3) is 11.8 Å². The number of aromatic nitrogens is 4. The molecule has 2 saturated heterocycles. The fourth-order valence-electron chi connectivity index (χ4n) is 5.68. The molecule has 23 nitrogen and oxygen atoms in total. The average Bonchev–Trinajstić information content (AvgIpc) is 3.87. The molecule has 0 aliphatic carbocycles. The first-order chi connectivity index (χ1) is 29.1. The van der Waals surface area contributed by atoms with Crippen molar-refractivity contribution in [2.45, 2.75) is 97.5 Å². The molecular weight excluding hydrogens is 996 g/mol. The molecule has 0 spiro atoms. The second-order valence-electron chi connectivity index (χ2n) is 15.7. The number of hydrogen-bond donors (Lipinski definition) is 3. The monoisotopic (exact) mass is 1050 g/mol. The number of carbonyl (C=O) groups excluding carboxylic acids is 6. The summed E-state index contributed by atoms with van der Waals surface area (Å²) in [4.78, 5) is 99.8. The summed E-state index contributed by atoms with van der Waals surface area (Å²) in [5.74, 6) is -1.91. The van der Waals surface area contributed by atoms with Crippen LogP contribution in [-0.2, 0) is 66.1 Å². The van der Waals surface area contributed by atoms with Gasteiger partial charge < -0.3 is 37.4 Å². The first-order valence-electron chi connectivity index (χ1n) is 19.1. The predicted molar refractivity (Wildman–Crippen MR) is 229 cm³/mol. The van der Waals surface area contributed by atoms with Crippen LogP contribution in [0, 0.1) is 10.8 Å². The maximum absolute atomic E-state index is 13.1. The van der Waals surface area contributed by atoms with Crippen molar-refractivity contribution in [3.8, 4) is 0 Å². The van der Waals surface area contributed by atoms with Crippen LogP contribution in [-0.4, -0.2) is 134 Å². The molecule has 62 heavy (non-hydrogen) atoms. The molecular formula is C35H51IN7O16PS2. The normalized spacial score (nSPS) is 20.8. The van der Waals surface area contributed by atoms with Gasteiger partial charge in [0.2, 0.25) is 5.91 Å². The Morgan fingerprint density at radius 1 is 1.00 bits per heavy atom. The second-order valence-corrected chi connectivity index (χ2v) is 20.6. The zero-order chi connectivity index (χ0) is 45.8. The summed E-state index contributed by atoms with van der Waals surface area (Å²) < 4.78 is 56.1. The van der Waals surface area contributed by atoms with Crippen molar-refractivity contribution >= 4 is 105 Å². The third kappa shape index (κ3) is 15.7. The van der Waals surface area contributed by atoms with E-state index in [0.29, 0.717) is 34.3 Å². The van der Waals surface area contributed by atoms with Crippen molar-refractivity contribution < 1.29 is 75.8 Å². The predicted octanol–water partition coefficient (Wildman–Crippen LogP) is 4.05. The van der Waals surface area contributed by atoms with E-state index in [2.05, 4.69) is 28.6 Å². The van der Waals surface area contributed by atoms with Gasteiger partial charge in [-0.05, 0) is 6.92 Å². The summed E-state index contributed by atoms with van der Waals surface area (Å²) >= 11 is 1.89. The number of esters is 2. The van der Waals surface area contributed by atoms with Gasteiger partial charge in [0.15, 0.2) is 35.4 Å². The first kappa shape index (κ1) is 51.3. The summed E-state index contributed by atoms with van der Waals surface area (Å²) in [6, 6.07) is 0. The summed E-state index contributed by atoms with van der Waals surface area (Å²) in [6.45, 7) is 11.3. The highest BCUT2D eigenvalue weighted by Crippen LogP contribution is 2.46. The number of fused-ring (bicyclic) bond motifs is 1. The quantitative estimate of drug-likeness (QED) is 0.0195. The zero-order valence-electron chi connectivity index (χ0n) is 35.1. The fourth-order valence-corrected chi connectivity index (χ4v) is 9.12. The Morgan fingerprint density at radius 3 is 2.32 bits per heavy atom. The van der Waals surface area contributed by atoms with Gasteiger partial charge in [-0.15, -0.1) is 0 Å². The number of imidazole rings is 1.